The van der Waals surface area contributed by atoms with Crippen LogP contribution >= 0.6 is 11.3 Å². The average molecular weight is 274 g/mol. The van der Waals surface area contributed by atoms with Crippen LogP contribution in [0.5, 0.6) is 0 Å². The van der Waals surface area contributed by atoms with Gasteiger partial charge in [-0.25, -0.2) is 8.42 Å². The Labute approximate surface area is 105 Å². The largest absolute Gasteiger partial charge is 0.460 e. The number of carbonyl (C=O) groups excluding carboxylic acids is 1. The minimum absolute atomic E-state index is 0.0594. The van der Waals surface area contributed by atoms with Crippen LogP contribution < -0.4 is 0 Å². The van der Waals surface area contributed by atoms with Crippen LogP contribution in [0.4, 0.5) is 0 Å². The van der Waals surface area contributed by atoms with E-state index in [2.05, 4.69) is 0 Å². The number of sulfone groups is 1. The van der Waals surface area contributed by atoms with Gasteiger partial charge in [0.25, 0.3) is 0 Å². The van der Waals surface area contributed by atoms with E-state index >= 15 is 0 Å². The van der Waals surface area contributed by atoms with Gasteiger partial charge in [0.05, 0.1) is 11.5 Å². The van der Waals surface area contributed by atoms with Gasteiger partial charge in [0, 0.05) is 11.3 Å². The first-order chi connectivity index (χ1) is 8.05. The first-order valence-corrected chi connectivity index (χ1v) is 8.14. The summed E-state index contributed by atoms with van der Waals surface area (Å²) in [5.41, 5.74) is 0. The topological polar surface area (TPSA) is 60.4 Å². The van der Waals surface area contributed by atoms with Crippen LogP contribution in [0.2, 0.25) is 0 Å². The van der Waals surface area contributed by atoms with Gasteiger partial charge in [-0.1, -0.05) is 6.07 Å². The zero-order valence-electron chi connectivity index (χ0n) is 9.29. The molecule has 0 aliphatic carbocycles. The first-order valence-electron chi connectivity index (χ1n) is 5.43. The molecule has 2 rings (SSSR count). The maximum atomic E-state index is 11.5. The Morgan fingerprint density at radius 3 is 2.94 bits per heavy atom. The van der Waals surface area contributed by atoms with E-state index in [9.17, 15) is 13.2 Å². The molecule has 1 aromatic heterocycles. The van der Waals surface area contributed by atoms with E-state index in [1.165, 1.54) is 11.3 Å². The summed E-state index contributed by atoms with van der Waals surface area (Å²) in [6, 6.07) is 3.80. The van der Waals surface area contributed by atoms with E-state index in [-0.39, 0.29) is 36.4 Å². The van der Waals surface area contributed by atoms with E-state index in [4.69, 9.17) is 4.74 Å². The van der Waals surface area contributed by atoms with Gasteiger partial charge in [-0.15, -0.1) is 11.3 Å². The molecule has 0 amide bonds. The van der Waals surface area contributed by atoms with Gasteiger partial charge in [0.1, 0.15) is 6.61 Å². The summed E-state index contributed by atoms with van der Waals surface area (Å²) in [7, 11) is -2.90. The summed E-state index contributed by atoms with van der Waals surface area (Å²) in [6.07, 6.45) is 0.793. The van der Waals surface area contributed by atoms with Crippen LogP contribution in [0.3, 0.4) is 0 Å². The van der Waals surface area contributed by atoms with Crippen molar-refractivity contribution in [3.63, 3.8) is 0 Å². The van der Waals surface area contributed by atoms with Crippen molar-refractivity contribution in [3.05, 3.63) is 22.4 Å². The van der Waals surface area contributed by atoms with Gasteiger partial charge < -0.3 is 4.74 Å². The smallest absolute Gasteiger partial charge is 0.306 e. The fourth-order valence-electron chi connectivity index (χ4n) is 1.87. The minimum Gasteiger partial charge on any atom is -0.460 e. The molecular formula is C11H14O4S2. The lowest BCUT2D eigenvalue weighted by Crippen LogP contribution is -2.12. The second-order valence-corrected chi connectivity index (χ2v) is 7.47. The van der Waals surface area contributed by atoms with Crippen molar-refractivity contribution in [2.75, 3.05) is 11.5 Å². The third-order valence-electron chi connectivity index (χ3n) is 2.74. The van der Waals surface area contributed by atoms with Crippen molar-refractivity contribution in [3.8, 4) is 0 Å². The van der Waals surface area contributed by atoms with Crippen molar-refractivity contribution in [2.24, 2.45) is 5.92 Å². The number of carbonyl (C=O) groups is 1. The summed E-state index contributed by atoms with van der Waals surface area (Å²) in [4.78, 5) is 12.5. The molecule has 94 valence electrons. The molecule has 0 N–H and O–H groups in total. The summed E-state index contributed by atoms with van der Waals surface area (Å²) in [6.45, 7) is 0.288. The van der Waals surface area contributed by atoms with E-state index in [1.807, 2.05) is 17.5 Å². The number of ether oxygens (including phenoxy) is 1. The molecule has 1 aromatic rings. The van der Waals surface area contributed by atoms with Gasteiger partial charge in [0.15, 0.2) is 9.84 Å². The molecule has 0 bridgehead atoms. The molecule has 6 heteroatoms. The SMILES string of the molecule is O=C(CC1CCS(=O)(=O)C1)OCc1cccs1. The molecule has 1 fully saturated rings. The van der Waals surface area contributed by atoms with E-state index in [0.29, 0.717) is 6.42 Å². The fraction of sp³-hybridized carbons (Fsp3) is 0.545. The summed E-state index contributed by atoms with van der Waals surface area (Å²) < 4.78 is 27.5. The maximum absolute atomic E-state index is 11.5. The average Bonchev–Trinajstić information content (AvgIpc) is 2.85. The molecule has 0 aromatic carbocycles. The maximum Gasteiger partial charge on any atom is 0.306 e. The molecule has 0 saturated carbocycles. The quantitative estimate of drug-likeness (QED) is 0.783. The molecule has 0 radical (unpaired) electrons. The van der Waals surface area contributed by atoms with Gasteiger partial charge in [0.2, 0.25) is 0 Å². The van der Waals surface area contributed by atoms with Crippen molar-refractivity contribution in [1.82, 2.24) is 0 Å². The van der Waals surface area contributed by atoms with E-state index in [1.54, 1.807) is 0 Å². The number of hydrogen-bond acceptors (Lipinski definition) is 5. The van der Waals surface area contributed by atoms with Crippen molar-refractivity contribution < 1.29 is 17.9 Å². The van der Waals surface area contributed by atoms with Crippen LogP contribution in [-0.4, -0.2) is 25.9 Å². The molecule has 0 spiro atoms. The zero-order chi connectivity index (χ0) is 12.3. The molecule has 17 heavy (non-hydrogen) atoms. The standard InChI is InChI=1S/C11H14O4S2/c12-11(15-7-10-2-1-4-16-10)6-9-3-5-17(13,14)8-9/h1-2,4,9H,3,5-8H2. The molecule has 4 nitrogen and oxygen atoms in total. The van der Waals surface area contributed by atoms with E-state index in [0.717, 1.165) is 4.88 Å². The summed E-state index contributed by atoms with van der Waals surface area (Å²) >= 11 is 1.53. The van der Waals surface area contributed by atoms with Gasteiger partial charge in [-0.2, -0.15) is 0 Å². The van der Waals surface area contributed by atoms with Gasteiger partial charge >= 0.3 is 5.97 Å². The normalized spacial score (nSPS) is 22.5. The van der Waals surface area contributed by atoms with Crippen molar-refractivity contribution in [2.45, 2.75) is 19.4 Å². The molecular weight excluding hydrogens is 260 g/mol. The fourth-order valence-corrected chi connectivity index (χ4v) is 4.35. The highest BCUT2D eigenvalue weighted by Gasteiger charge is 2.29. The molecule has 1 atom stereocenters. The van der Waals surface area contributed by atoms with Crippen molar-refractivity contribution in [1.29, 1.82) is 0 Å². The Morgan fingerprint density at radius 1 is 1.53 bits per heavy atom. The predicted molar refractivity (Wildman–Crippen MR) is 65.5 cm³/mol. The second-order valence-electron chi connectivity index (χ2n) is 4.21. The molecule has 1 unspecified atom stereocenters. The lowest BCUT2D eigenvalue weighted by molar-refractivity contribution is -0.145. The molecule has 1 saturated heterocycles. The zero-order valence-corrected chi connectivity index (χ0v) is 10.9. The first kappa shape index (κ1) is 12.6. The Kier molecular flexibility index (Phi) is 3.83. The number of thiophene rings is 1. The Balaban J connectivity index is 1.75. The van der Waals surface area contributed by atoms with Crippen LogP contribution in [0.25, 0.3) is 0 Å². The van der Waals surface area contributed by atoms with Crippen LogP contribution in [0, 0.1) is 5.92 Å². The monoisotopic (exact) mass is 274 g/mol. The van der Waals surface area contributed by atoms with Crippen LogP contribution in [0.15, 0.2) is 17.5 Å². The minimum atomic E-state index is -2.90. The van der Waals surface area contributed by atoms with E-state index < -0.39 is 9.84 Å². The van der Waals surface area contributed by atoms with Gasteiger partial charge in [-0.05, 0) is 23.8 Å². The highest BCUT2D eigenvalue weighted by atomic mass is 32.2. The lowest BCUT2D eigenvalue weighted by Gasteiger charge is -2.07. The number of esters is 1. The Morgan fingerprint density at radius 2 is 2.35 bits per heavy atom. The van der Waals surface area contributed by atoms with Crippen LogP contribution in [0.1, 0.15) is 17.7 Å². The number of hydrogen-bond donors (Lipinski definition) is 0. The van der Waals surface area contributed by atoms with Gasteiger partial charge in [-0.3, -0.25) is 4.79 Å². The second kappa shape index (κ2) is 5.18. The Bertz CT molecular complexity index is 476. The summed E-state index contributed by atoms with van der Waals surface area (Å²) in [5, 5.41) is 1.92. The lowest BCUT2D eigenvalue weighted by atomic mass is 10.1. The molecule has 1 aliphatic heterocycles. The number of rotatable bonds is 4. The molecule has 1 aliphatic rings. The molecule has 2 heterocycles. The summed E-state index contributed by atoms with van der Waals surface area (Å²) in [5.74, 6) is -0.0342. The van der Waals surface area contributed by atoms with Crippen molar-refractivity contribution >= 4 is 27.1 Å². The third kappa shape index (κ3) is 3.81. The highest BCUT2D eigenvalue weighted by Crippen LogP contribution is 2.22. The van der Waals surface area contributed by atoms with Crippen LogP contribution in [-0.2, 0) is 26.0 Å². The highest BCUT2D eigenvalue weighted by molar-refractivity contribution is 7.91. The Hall–Kier alpha value is -0.880. The predicted octanol–water partition coefficient (Wildman–Crippen LogP) is 1.62. The third-order valence-corrected chi connectivity index (χ3v) is 5.42.